The van der Waals surface area contributed by atoms with E-state index in [1.54, 1.807) is 18.3 Å². The van der Waals surface area contributed by atoms with Crippen molar-refractivity contribution in [2.24, 2.45) is 0 Å². The third kappa shape index (κ3) is 9.96. The van der Waals surface area contributed by atoms with Crippen LogP contribution in [0.15, 0.2) is 42.6 Å². The zero-order valence-corrected chi connectivity index (χ0v) is 21.4. The number of amides is 2. The van der Waals surface area contributed by atoms with Crippen molar-refractivity contribution in [3.63, 3.8) is 0 Å². The van der Waals surface area contributed by atoms with Gasteiger partial charge in [0.2, 0.25) is 16.9 Å². The average molecular weight is 556 g/mol. The fraction of sp³-hybridized carbons (Fsp3) is 0.375. The van der Waals surface area contributed by atoms with Gasteiger partial charge in [0.15, 0.2) is 0 Å². The smallest absolute Gasteiger partial charge is 0.406 e. The van der Waals surface area contributed by atoms with Gasteiger partial charge in [-0.2, -0.15) is 0 Å². The molecule has 37 heavy (non-hydrogen) atoms. The van der Waals surface area contributed by atoms with Crippen LogP contribution in [-0.2, 0) is 28.9 Å². The maximum Gasteiger partial charge on any atom is 0.573 e. The Hall–Kier alpha value is -3.25. The Morgan fingerprint density at radius 1 is 1.08 bits per heavy atom. The number of halogens is 4. The highest BCUT2D eigenvalue weighted by Gasteiger charge is 2.31. The van der Waals surface area contributed by atoms with Crippen LogP contribution in [0.2, 0.25) is 0 Å². The van der Waals surface area contributed by atoms with Crippen LogP contribution in [0.3, 0.4) is 0 Å². The molecule has 0 fully saturated rings. The third-order valence-electron chi connectivity index (χ3n) is 5.03. The molecule has 2 N–H and O–H groups in total. The highest BCUT2D eigenvalue weighted by atomic mass is 35.5. The highest BCUT2D eigenvalue weighted by Crippen LogP contribution is 2.24. The van der Waals surface area contributed by atoms with E-state index in [2.05, 4.69) is 30.6 Å². The van der Waals surface area contributed by atoms with Crippen molar-refractivity contribution >= 4 is 45.7 Å². The van der Waals surface area contributed by atoms with Crippen LogP contribution in [0.5, 0.6) is 5.75 Å². The summed E-state index contributed by atoms with van der Waals surface area (Å²) in [5, 5.41) is 14.0. The quantitative estimate of drug-likeness (QED) is 0.225. The maximum atomic E-state index is 12.4. The van der Waals surface area contributed by atoms with Crippen LogP contribution >= 0.6 is 22.9 Å². The topological polar surface area (TPSA) is 106 Å². The van der Waals surface area contributed by atoms with E-state index < -0.39 is 17.6 Å². The lowest BCUT2D eigenvalue weighted by atomic mass is 10.1. The zero-order chi connectivity index (χ0) is 26.8. The first-order chi connectivity index (χ1) is 17.6. The molecule has 198 valence electrons. The van der Waals surface area contributed by atoms with Crippen LogP contribution in [0.1, 0.15) is 42.3 Å². The number of aryl methyl sites for hydroxylation is 2. The minimum atomic E-state index is -4.80. The lowest BCUT2D eigenvalue weighted by molar-refractivity contribution is -0.274. The van der Waals surface area contributed by atoms with Crippen molar-refractivity contribution in [3.05, 3.63) is 58.7 Å². The molecule has 2 aromatic heterocycles. The number of rotatable bonds is 12. The number of ether oxygens (including phenoxy) is 1. The molecule has 8 nitrogen and oxygen atoms in total. The van der Waals surface area contributed by atoms with Crippen molar-refractivity contribution in [3.8, 4) is 5.75 Å². The second kappa shape index (κ2) is 13.3. The van der Waals surface area contributed by atoms with Gasteiger partial charge in [-0.25, -0.2) is 4.98 Å². The second-order valence-electron chi connectivity index (χ2n) is 8.04. The monoisotopic (exact) mass is 555 g/mol. The predicted octanol–water partition coefficient (Wildman–Crippen LogP) is 5.53. The summed E-state index contributed by atoms with van der Waals surface area (Å²) in [6, 6.07) is 8.81. The summed E-state index contributed by atoms with van der Waals surface area (Å²) in [5.74, 6) is -0.728. The van der Waals surface area contributed by atoms with Gasteiger partial charge in [-0.3, -0.25) is 14.9 Å². The SMILES string of the molecule is CCC(Cl)C(=O)Nc1nnc(CCCCc2ccc(NC(=O)Cc3cccc(OC(F)(F)F)c3)nc2)s1. The number of nitrogens with one attached hydrogen (secondary N) is 2. The number of alkyl halides is 4. The number of carbonyl (C=O) groups excluding carboxylic acids is 2. The summed E-state index contributed by atoms with van der Waals surface area (Å²) in [6.45, 7) is 1.83. The molecule has 0 saturated carbocycles. The second-order valence-corrected chi connectivity index (χ2v) is 9.63. The molecule has 0 saturated heterocycles. The number of aromatic nitrogens is 3. The lowest BCUT2D eigenvalue weighted by Gasteiger charge is -2.10. The van der Waals surface area contributed by atoms with Gasteiger partial charge in [0, 0.05) is 12.6 Å². The molecule has 0 aliphatic heterocycles. The molecule has 2 amide bonds. The van der Waals surface area contributed by atoms with Crippen LogP contribution in [0.25, 0.3) is 0 Å². The molecule has 3 aromatic rings. The van der Waals surface area contributed by atoms with Gasteiger partial charge in [-0.15, -0.1) is 35.0 Å². The van der Waals surface area contributed by atoms with Gasteiger partial charge >= 0.3 is 6.36 Å². The number of hydrogen-bond acceptors (Lipinski definition) is 7. The van der Waals surface area contributed by atoms with Crippen LogP contribution in [-0.4, -0.2) is 38.7 Å². The van der Waals surface area contributed by atoms with E-state index in [0.717, 1.165) is 36.3 Å². The van der Waals surface area contributed by atoms with Crippen molar-refractivity contribution in [1.29, 1.82) is 0 Å². The van der Waals surface area contributed by atoms with Crippen LogP contribution in [0, 0.1) is 0 Å². The summed E-state index contributed by atoms with van der Waals surface area (Å²) < 4.78 is 41.0. The number of benzene rings is 1. The minimum Gasteiger partial charge on any atom is -0.406 e. The number of hydrogen-bond donors (Lipinski definition) is 2. The fourth-order valence-corrected chi connectivity index (χ4v) is 4.09. The zero-order valence-electron chi connectivity index (χ0n) is 19.8. The summed E-state index contributed by atoms with van der Waals surface area (Å²) in [5.41, 5.74) is 1.37. The first-order valence-electron chi connectivity index (χ1n) is 11.5. The van der Waals surface area contributed by atoms with Crippen molar-refractivity contribution in [2.45, 2.75) is 57.2 Å². The largest absolute Gasteiger partial charge is 0.573 e. The Morgan fingerprint density at radius 3 is 2.57 bits per heavy atom. The molecule has 3 rings (SSSR count). The molecular formula is C24H25ClF3N5O3S. The normalized spacial score (nSPS) is 12.1. The standard InChI is InChI=1S/C24H25ClF3N5O3S/c1-2-18(25)22(35)31-23-33-32-21(37-23)9-4-3-6-15-10-11-19(29-14-15)30-20(34)13-16-7-5-8-17(12-16)36-24(26,27)28/h5,7-8,10-12,14,18H,2-4,6,9,13H2,1H3,(H,29,30,34)(H,31,33,35). The molecule has 0 aliphatic carbocycles. The van der Waals surface area contributed by atoms with E-state index in [-0.39, 0.29) is 18.1 Å². The molecule has 0 bridgehead atoms. The van der Waals surface area contributed by atoms with Gasteiger partial charge in [0.05, 0.1) is 6.42 Å². The minimum absolute atomic E-state index is 0.124. The molecule has 1 aromatic carbocycles. The Kier molecular flexibility index (Phi) is 10.2. The Morgan fingerprint density at radius 2 is 1.86 bits per heavy atom. The van der Waals surface area contributed by atoms with Gasteiger partial charge < -0.3 is 10.1 Å². The molecular weight excluding hydrogens is 531 g/mol. The molecule has 0 radical (unpaired) electrons. The number of pyridine rings is 1. The van der Waals surface area contributed by atoms with Crippen molar-refractivity contribution < 1.29 is 27.5 Å². The van der Waals surface area contributed by atoms with Crippen LogP contribution < -0.4 is 15.4 Å². The Bertz CT molecular complexity index is 1190. The van der Waals surface area contributed by atoms with Crippen molar-refractivity contribution in [2.75, 3.05) is 10.6 Å². The van der Waals surface area contributed by atoms with E-state index >= 15 is 0 Å². The molecule has 0 spiro atoms. The van der Waals surface area contributed by atoms with Gasteiger partial charge in [0.1, 0.15) is 22.0 Å². The van der Waals surface area contributed by atoms with E-state index in [9.17, 15) is 22.8 Å². The third-order valence-corrected chi connectivity index (χ3v) is 6.44. The van der Waals surface area contributed by atoms with E-state index in [1.165, 1.54) is 29.5 Å². The molecule has 1 unspecified atom stereocenters. The number of anilines is 2. The summed E-state index contributed by atoms with van der Waals surface area (Å²) >= 11 is 7.23. The van der Waals surface area contributed by atoms with Crippen LogP contribution in [0.4, 0.5) is 24.1 Å². The first kappa shape index (κ1) is 28.3. The van der Waals surface area contributed by atoms with E-state index in [0.29, 0.717) is 22.9 Å². The summed E-state index contributed by atoms with van der Waals surface area (Å²) in [7, 11) is 0. The summed E-state index contributed by atoms with van der Waals surface area (Å²) in [6.07, 6.45) is 0.525. The molecule has 1 atom stereocenters. The number of unbranched alkanes of at least 4 members (excludes halogenated alkanes) is 1. The lowest BCUT2D eigenvalue weighted by Crippen LogP contribution is -2.22. The molecule has 13 heteroatoms. The van der Waals surface area contributed by atoms with Crippen molar-refractivity contribution in [1.82, 2.24) is 15.2 Å². The molecule has 0 aliphatic rings. The Labute approximate surface area is 220 Å². The predicted molar refractivity (Wildman–Crippen MR) is 135 cm³/mol. The fourth-order valence-electron chi connectivity index (χ4n) is 3.25. The number of carbonyl (C=O) groups is 2. The average Bonchev–Trinajstić information content (AvgIpc) is 3.28. The number of nitrogens with zero attached hydrogens (tertiary/aromatic N) is 3. The van der Waals surface area contributed by atoms with E-state index in [4.69, 9.17) is 11.6 Å². The molecule has 2 heterocycles. The first-order valence-corrected chi connectivity index (χ1v) is 12.7. The van der Waals surface area contributed by atoms with Gasteiger partial charge in [-0.05, 0) is 55.0 Å². The van der Waals surface area contributed by atoms with E-state index in [1.807, 2.05) is 13.0 Å². The van der Waals surface area contributed by atoms with Gasteiger partial charge in [0.25, 0.3) is 0 Å². The maximum absolute atomic E-state index is 12.4. The highest BCUT2D eigenvalue weighted by molar-refractivity contribution is 7.15. The summed E-state index contributed by atoms with van der Waals surface area (Å²) in [4.78, 5) is 28.3. The Balaban J connectivity index is 1.39. The van der Waals surface area contributed by atoms with Gasteiger partial charge in [-0.1, -0.05) is 36.5 Å².